The van der Waals surface area contributed by atoms with E-state index in [4.69, 9.17) is 23.7 Å². The first-order valence-corrected chi connectivity index (χ1v) is 13.1. The summed E-state index contributed by atoms with van der Waals surface area (Å²) in [6.07, 6.45) is 8.48. The maximum Gasteiger partial charge on any atom is 0.135 e. The number of aliphatic hydroxyl groups is 1. The second-order valence-corrected chi connectivity index (χ2v) is 10.8. The van der Waals surface area contributed by atoms with Gasteiger partial charge in [0.05, 0.1) is 49.3 Å². The molecule has 0 spiro atoms. The van der Waals surface area contributed by atoms with Crippen molar-refractivity contribution < 1.29 is 33.6 Å². The van der Waals surface area contributed by atoms with E-state index >= 15 is 0 Å². The first kappa shape index (κ1) is 23.9. The van der Waals surface area contributed by atoms with E-state index in [1.165, 1.54) is 5.57 Å². The third kappa shape index (κ3) is 6.06. The fourth-order valence-electron chi connectivity index (χ4n) is 6.27. The van der Waals surface area contributed by atoms with E-state index in [2.05, 4.69) is 6.58 Å². The molecule has 0 radical (unpaired) electrons. The van der Waals surface area contributed by atoms with Crippen molar-refractivity contribution >= 4 is 5.78 Å². The summed E-state index contributed by atoms with van der Waals surface area (Å²) in [6, 6.07) is 0. The van der Waals surface area contributed by atoms with Crippen LogP contribution in [0, 0.1) is 5.92 Å². The van der Waals surface area contributed by atoms with E-state index in [0.29, 0.717) is 44.5 Å². The predicted octanol–water partition coefficient (Wildman–Crippen LogP) is 3.11. The number of rotatable bonds is 8. The zero-order valence-corrected chi connectivity index (χ0v) is 19.7. The van der Waals surface area contributed by atoms with Crippen LogP contribution in [0.2, 0.25) is 0 Å². The lowest BCUT2D eigenvalue weighted by molar-refractivity contribution is -0.243. The first-order chi connectivity index (χ1) is 16.0. The largest absolute Gasteiger partial charge is 0.390 e. The number of hydrogen-bond donors (Lipinski definition) is 1. The van der Waals surface area contributed by atoms with Crippen LogP contribution in [0.4, 0.5) is 0 Å². The number of fused-ring (bicyclic) bond motifs is 1. The van der Waals surface area contributed by atoms with Crippen LogP contribution in [0.25, 0.3) is 0 Å². The highest BCUT2D eigenvalue weighted by atomic mass is 16.6. The number of hydrogen-bond acceptors (Lipinski definition) is 7. The van der Waals surface area contributed by atoms with Crippen molar-refractivity contribution in [3.05, 3.63) is 12.2 Å². The van der Waals surface area contributed by atoms with E-state index < -0.39 is 6.10 Å². The number of carbonyl (C=O) groups excluding carboxylic acids is 1. The molecule has 5 aliphatic rings. The number of Topliss-reactive ketones (excluding diaryl/α,β-unsaturated/α-hetero) is 1. The summed E-state index contributed by atoms with van der Waals surface area (Å²) >= 11 is 0. The Morgan fingerprint density at radius 1 is 0.909 bits per heavy atom. The van der Waals surface area contributed by atoms with Gasteiger partial charge in [0.1, 0.15) is 11.9 Å². The smallest absolute Gasteiger partial charge is 0.135 e. The molecule has 0 amide bonds. The van der Waals surface area contributed by atoms with Gasteiger partial charge in [-0.15, -0.1) is 0 Å². The molecular formula is C26H40O7. The Morgan fingerprint density at radius 2 is 1.73 bits per heavy atom. The average Bonchev–Trinajstić information content (AvgIpc) is 3.55. The summed E-state index contributed by atoms with van der Waals surface area (Å²) in [5.74, 6) is 0.606. The molecule has 5 heterocycles. The molecule has 0 aromatic heterocycles. The van der Waals surface area contributed by atoms with Gasteiger partial charge >= 0.3 is 0 Å². The van der Waals surface area contributed by atoms with Crippen LogP contribution in [-0.2, 0) is 28.5 Å². The summed E-state index contributed by atoms with van der Waals surface area (Å²) in [7, 11) is 0. The highest BCUT2D eigenvalue weighted by molar-refractivity contribution is 5.79. The highest BCUT2D eigenvalue weighted by Crippen LogP contribution is 2.38. The molecule has 7 unspecified atom stereocenters. The molecule has 5 rings (SSSR count). The minimum absolute atomic E-state index is 0.0398. The molecule has 186 valence electrons. The number of aliphatic hydroxyl groups excluding tert-OH is 1. The molecule has 0 aromatic rings. The van der Waals surface area contributed by atoms with Crippen molar-refractivity contribution in [1.29, 1.82) is 0 Å². The van der Waals surface area contributed by atoms with Crippen LogP contribution >= 0.6 is 0 Å². The van der Waals surface area contributed by atoms with Crippen LogP contribution in [0.15, 0.2) is 12.2 Å². The Balaban J connectivity index is 1.05. The zero-order chi connectivity index (χ0) is 22.8. The fraction of sp³-hybridized carbons (Fsp3) is 0.885. The zero-order valence-electron chi connectivity index (χ0n) is 19.7. The third-order valence-corrected chi connectivity index (χ3v) is 8.09. The molecule has 0 aromatic carbocycles. The van der Waals surface area contributed by atoms with Gasteiger partial charge in [0.15, 0.2) is 0 Å². The van der Waals surface area contributed by atoms with E-state index in [9.17, 15) is 9.90 Å². The topological polar surface area (TPSA) is 83.5 Å². The molecular weight excluding hydrogens is 424 g/mol. The normalized spacial score (nSPS) is 43.7. The van der Waals surface area contributed by atoms with Crippen LogP contribution in [0.3, 0.4) is 0 Å². The molecule has 5 aliphatic heterocycles. The number of carbonyl (C=O) groups is 1. The van der Waals surface area contributed by atoms with Gasteiger partial charge in [-0.05, 0) is 62.9 Å². The maximum absolute atomic E-state index is 12.5. The lowest BCUT2D eigenvalue weighted by atomic mass is 9.88. The Kier molecular flexibility index (Phi) is 7.84. The molecule has 5 fully saturated rings. The highest BCUT2D eigenvalue weighted by Gasteiger charge is 2.46. The molecule has 5 saturated heterocycles. The summed E-state index contributed by atoms with van der Waals surface area (Å²) < 4.78 is 30.1. The van der Waals surface area contributed by atoms with Gasteiger partial charge in [-0.3, -0.25) is 4.79 Å². The summed E-state index contributed by atoms with van der Waals surface area (Å²) in [5.41, 5.74) is 1.19. The van der Waals surface area contributed by atoms with Gasteiger partial charge in [-0.2, -0.15) is 0 Å². The van der Waals surface area contributed by atoms with Crippen molar-refractivity contribution in [2.24, 2.45) is 5.92 Å². The molecule has 9 atom stereocenters. The fourth-order valence-corrected chi connectivity index (χ4v) is 6.27. The predicted molar refractivity (Wildman–Crippen MR) is 121 cm³/mol. The number of ketones is 1. The van der Waals surface area contributed by atoms with Gasteiger partial charge in [0, 0.05) is 32.5 Å². The number of ether oxygens (including phenoxy) is 5. The molecule has 0 saturated carbocycles. The average molecular weight is 465 g/mol. The molecule has 1 N–H and O–H groups in total. The Hall–Kier alpha value is -0.830. The van der Waals surface area contributed by atoms with Gasteiger partial charge < -0.3 is 28.8 Å². The van der Waals surface area contributed by atoms with Crippen LogP contribution in [-0.4, -0.2) is 79.5 Å². The molecule has 33 heavy (non-hydrogen) atoms. The summed E-state index contributed by atoms with van der Waals surface area (Å²) in [4.78, 5) is 12.5. The first-order valence-electron chi connectivity index (χ1n) is 13.1. The van der Waals surface area contributed by atoms with Gasteiger partial charge in [-0.1, -0.05) is 6.58 Å². The quantitative estimate of drug-likeness (QED) is 0.553. The monoisotopic (exact) mass is 464 g/mol. The molecule has 0 bridgehead atoms. The lowest BCUT2D eigenvalue weighted by Gasteiger charge is -2.45. The van der Waals surface area contributed by atoms with Crippen molar-refractivity contribution in [2.45, 2.75) is 119 Å². The minimum Gasteiger partial charge on any atom is -0.390 e. The lowest BCUT2D eigenvalue weighted by Crippen LogP contribution is -2.56. The summed E-state index contributed by atoms with van der Waals surface area (Å²) in [5, 5.41) is 10.9. The third-order valence-electron chi connectivity index (χ3n) is 8.09. The maximum atomic E-state index is 12.5. The van der Waals surface area contributed by atoms with Crippen molar-refractivity contribution in [3.8, 4) is 0 Å². The van der Waals surface area contributed by atoms with E-state index in [0.717, 1.165) is 58.0 Å². The SMILES string of the molecule is C=C1COC(CCC2CCC(C3CC(O)[C@H]4OC(CC(=O)C[C@@H]5CCOC5)CCC4O3)O2)C1. The standard InChI is InChI=1S/C26H40O7/c1-16-10-20(30-14-16)3-2-19-4-6-23(31-19)25-13-22(28)26-24(33-25)7-5-21(32-26)12-18(27)11-17-8-9-29-15-17/h17,19-26,28H,1-15H2/t17-,19?,20?,21?,22?,23?,24?,25?,26+/m0/s1. The van der Waals surface area contributed by atoms with Crippen LogP contribution in [0.1, 0.15) is 70.6 Å². The second kappa shape index (κ2) is 10.8. The molecule has 7 nitrogen and oxygen atoms in total. The van der Waals surface area contributed by atoms with Gasteiger partial charge in [0.2, 0.25) is 0 Å². The van der Waals surface area contributed by atoms with E-state index in [1.54, 1.807) is 0 Å². The Morgan fingerprint density at radius 3 is 2.52 bits per heavy atom. The van der Waals surface area contributed by atoms with Crippen molar-refractivity contribution in [2.75, 3.05) is 19.8 Å². The van der Waals surface area contributed by atoms with Gasteiger partial charge in [0.25, 0.3) is 0 Å². The molecule has 0 aliphatic carbocycles. The van der Waals surface area contributed by atoms with E-state index in [-0.39, 0.29) is 42.4 Å². The van der Waals surface area contributed by atoms with Crippen LogP contribution < -0.4 is 0 Å². The summed E-state index contributed by atoms with van der Waals surface area (Å²) in [6.45, 7) is 6.17. The minimum atomic E-state index is -0.574. The Bertz CT molecular complexity index is 690. The van der Waals surface area contributed by atoms with Gasteiger partial charge in [-0.25, -0.2) is 0 Å². The second-order valence-electron chi connectivity index (χ2n) is 10.8. The van der Waals surface area contributed by atoms with Crippen molar-refractivity contribution in [3.63, 3.8) is 0 Å². The Labute approximate surface area is 197 Å². The van der Waals surface area contributed by atoms with Crippen LogP contribution in [0.5, 0.6) is 0 Å². The van der Waals surface area contributed by atoms with Crippen molar-refractivity contribution in [1.82, 2.24) is 0 Å². The molecule has 7 heteroatoms. The van der Waals surface area contributed by atoms with E-state index in [1.807, 2.05) is 0 Å².